The van der Waals surface area contributed by atoms with E-state index >= 15 is 0 Å². The minimum atomic E-state index is -1.33. The highest BCUT2D eigenvalue weighted by Gasteiger charge is 2.39. The van der Waals surface area contributed by atoms with Gasteiger partial charge >= 0.3 is 0 Å². The largest absolute Gasteiger partial charge is 0.507 e. The van der Waals surface area contributed by atoms with Crippen molar-refractivity contribution in [3.63, 3.8) is 0 Å². The number of aromatic hydroxyl groups is 1. The summed E-state index contributed by atoms with van der Waals surface area (Å²) in [5.74, 6) is -8.16. The predicted octanol–water partition coefficient (Wildman–Crippen LogP) is 3.44. The molecule has 1 aromatic rings. The molecule has 12 nitrogen and oxygen atoms in total. The van der Waals surface area contributed by atoms with Gasteiger partial charge in [-0.25, -0.2) is 0 Å². The number of allylic oxidation sites excluding steroid dienone is 7. The highest BCUT2D eigenvalue weighted by molar-refractivity contribution is 6.53. The topological polar surface area (TPSA) is 219 Å². The number of aliphatic hydroxyl groups is 5. The first-order valence-corrected chi connectivity index (χ1v) is 16.5. The number of carbonyl (C=O) groups is 5. The smallest absolute Gasteiger partial charge is 0.253 e. The number of ketones is 4. The number of amides is 1. The Morgan fingerprint density at radius 2 is 1.45 bits per heavy atom. The van der Waals surface area contributed by atoms with Crippen LogP contribution in [-0.2, 0) is 14.4 Å². The number of hydrogen-bond acceptors (Lipinski definition) is 11. The van der Waals surface area contributed by atoms with Gasteiger partial charge in [0.05, 0.1) is 36.0 Å². The van der Waals surface area contributed by atoms with Crippen LogP contribution in [0, 0.1) is 24.7 Å². The lowest BCUT2D eigenvalue weighted by Crippen LogP contribution is -2.35. The minimum Gasteiger partial charge on any atom is -0.507 e. The number of benzene rings is 1. The van der Waals surface area contributed by atoms with E-state index in [1.807, 2.05) is 0 Å². The van der Waals surface area contributed by atoms with E-state index in [1.165, 1.54) is 50.3 Å². The van der Waals surface area contributed by atoms with Crippen LogP contribution in [0.5, 0.6) is 5.75 Å². The molecule has 1 aromatic carbocycles. The highest BCUT2D eigenvalue weighted by atomic mass is 16.3. The zero-order chi connectivity index (χ0) is 38.2. The molecule has 6 unspecified atom stereocenters. The molecule has 0 radical (unpaired) electrons. The normalized spacial score (nSPS) is 26.4. The van der Waals surface area contributed by atoms with Crippen LogP contribution in [0.1, 0.15) is 72.4 Å². The summed E-state index contributed by atoms with van der Waals surface area (Å²) in [5.41, 5.74) is -1.79. The van der Waals surface area contributed by atoms with Crippen molar-refractivity contribution < 1.29 is 54.6 Å². The van der Waals surface area contributed by atoms with Crippen molar-refractivity contribution in [2.75, 3.05) is 6.61 Å². The van der Waals surface area contributed by atoms with Crippen molar-refractivity contribution in [2.45, 2.75) is 65.8 Å². The van der Waals surface area contributed by atoms with E-state index in [0.717, 1.165) is 6.08 Å². The zero-order valence-corrected chi connectivity index (χ0v) is 29.2. The number of carbonyl (C=O) groups excluding carboxylic acids is 5. The number of fused-ring (bicyclic) bond motifs is 18. The number of rotatable bonds is 1. The molecule has 0 spiro atoms. The van der Waals surface area contributed by atoms with Gasteiger partial charge in [-0.3, -0.25) is 24.0 Å². The lowest BCUT2D eigenvalue weighted by atomic mass is 9.82. The summed E-state index contributed by atoms with van der Waals surface area (Å²) in [4.78, 5) is 65.6. The first kappa shape index (κ1) is 40.4. The number of phenolic OH excluding ortho intramolecular Hbond substituents is 1. The van der Waals surface area contributed by atoms with Gasteiger partial charge in [0, 0.05) is 35.8 Å². The standard InChI is InChI=1S/C39H45NO11/c1-20-10-8-6-7-9-11-30(45)40-33-37(49)27-17-24(5)36(48)32(31(27)38(50)39(33)51)35(47)23(4)16-25(19-41)34(46)22(3)13-15-26(42)14-12-21(2)29(44)18-28(20)43/h6-13,15-17,20,22,25-26,28,34,41-43,46,48-49H,14,18-19H2,1-5H3,(H,40,45). The summed E-state index contributed by atoms with van der Waals surface area (Å²) in [7, 11) is 0. The van der Waals surface area contributed by atoms with Crippen LogP contribution >= 0.6 is 0 Å². The van der Waals surface area contributed by atoms with E-state index < -0.39 is 94.3 Å². The van der Waals surface area contributed by atoms with Crippen LogP contribution in [0.15, 0.2) is 83.7 Å². The Morgan fingerprint density at radius 3 is 2.12 bits per heavy atom. The maximum Gasteiger partial charge on any atom is 0.253 e. The number of aliphatic hydroxyl groups excluding tert-OH is 5. The van der Waals surface area contributed by atoms with Gasteiger partial charge in [-0.15, -0.1) is 0 Å². The molecular weight excluding hydrogens is 658 g/mol. The summed E-state index contributed by atoms with van der Waals surface area (Å²) >= 11 is 0. The summed E-state index contributed by atoms with van der Waals surface area (Å²) in [6, 6.07) is 1.20. The van der Waals surface area contributed by atoms with Gasteiger partial charge < -0.3 is 36.0 Å². The Kier molecular flexibility index (Phi) is 14.1. The van der Waals surface area contributed by atoms with E-state index in [4.69, 9.17) is 0 Å². The molecule has 1 aliphatic carbocycles. The number of hydrogen-bond donors (Lipinski definition) is 7. The maximum absolute atomic E-state index is 13.8. The van der Waals surface area contributed by atoms with E-state index in [2.05, 4.69) is 5.32 Å². The minimum absolute atomic E-state index is 0.0741. The SMILES string of the molecule is CC1=CCC(O)C=CC(C)C(O)C(CO)C=C(C)C(=O)c2c(O)c(C)cc3c2C(=O)C(=O)C(=C3O)NC(=O)C=CC=CC=CC(C)C(O)CC1=O. The maximum atomic E-state index is 13.8. The molecular formula is C39H45NO11. The first-order chi connectivity index (χ1) is 24.0. The fourth-order valence-corrected chi connectivity index (χ4v) is 5.53. The van der Waals surface area contributed by atoms with Crippen molar-refractivity contribution in [2.24, 2.45) is 17.8 Å². The molecule has 0 aromatic heterocycles. The van der Waals surface area contributed by atoms with Crippen molar-refractivity contribution in [1.82, 2.24) is 5.32 Å². The molecule has 51 heavy (non-hydrogen) atoms. The summed E-state index contributed by atoms with van der Waals surface area (Å²) in [5, 5.41) is 66.4. The first-order valence-electron chi connectivity index (χ1n) is 16.5. The quantitative estimate of drug-likeness (QED) is 0.166. The van der Waals surface area contributed by atoms with Gasteiger partial charge in [-0.2, -0.15) is 0 Å². The molecule has 2 heterocycles. The molecule has 272 valence electrons. The lowest BCUT2D eigenvalue weighted by Gasteiger charge is -2.24. The molecule has 0 saturated carbocycles. The number of aryl methyl sites for hydroxylation is 1. The Hall–Kier alpha value is -5.01. The van der Waals surface area contributed by atoms with E-state index in [-0.39, 0.29) is 35.3 Å². The van der Waals surface area contributed by atoms with Crippen LogP contribution in [0.4, 0.5) is 0 Å². The van der Waals surface area contributed by atoms with Crippen LogP contribution in [0.25, 0.3) is 5.76 Å². The second-order valence-corrected chi connectivity index (χ2v) is 12.8. The van der Waals surface area contributed by atoms with E-state index in [1.54, 1.807) is 45.1 Å². The van der Waals surface area contributed by atoms with Crippen LogP contribution in [-0.4, -0.2) is 84.6 Å². The molecule has 12 heteroatoms. The van der Waals surface area contributed by atoms with Crippen LogP contribution < -0.4 is 5.32 Å². The Morgan fingerprint density at radius 1 is 0.784 bits per heavy atom. The Labute approximate surface area is 296 Å². The van der Waals surface area contributed by atoms with Crippen molar-refractivity contribution >= 4 is 34.8 Å². The number of nitrogens with one attached hydrogen (secondary N) is 1. The van der Waals surface area contributed by atoms with Crippen molar-refractivity contribution in [3.05, 3.63) is 106 Å². The third-order valence-electron chi connectivity index (χ3n) is 8.87. The number of phenols is 1. The van der Waals surface area contributed by atoms with Crippen LogP contribution in [0.3, 0.4) is 0 Å². The van der Waals surface area contributed by atoms with Gasteiger partial charge in [-0.05, 0) is 50.0 Å². The average Bonchev–Trinajstić information content (AvgIpc) is 3.10. The molecule has 0 saturated heterocycles. The molecule has 2 aliphatic heterocycles. The second kappa shape index (κ2) is 17.8. The predicted molar refractivity (Wildman–Crippen MR) is 189 cm³/mol. The third-order valence-corrected chi connectivity index (χ3v) is 8.87. The van der Waals surface area contributed by atoms with Gasteiger partial charge in [0.2, 0.25) is 11.7 Å². The Balaban J connectivity index is 2.10. The van der Waals surface area contributed by atoms with Gasteiger partial charge in [0.1, 0.15) is 11.4 Å². The molecule has 0 fully saturated rings. The Bertz CT molecular complexity index is 1790. The second-order valence-electron chi connectivity index (χ2n) is 12.8. The van der Waals surface area contributed by atoms with Crippen molar-refractivity contribution in [1.29, 1.82) is 0 Å². The van der Waals surface area contributed by atoms with Crippen LogP contribution in [0.2, 0.25) is 0 Å². The van der Waals surface area contributed by atoms with Gasteiger partial charge in [0.15, 0.2) is 17.3 Å². The van der Waals surface area contributed by atoms with E-state index in [9.17, 15) is 54.6 Å². The molecule has 1 amide bonds. The summed E-state index contributed by atoms with van der Waals surface area (Å²) in [6.07, 6.45) is 11.1. The fourth-order valence-electron chi connectivity index (χ4n) is 5.53. The highest BCUT2D eigenvalue weighted by Crippen LogP contribution is 2.37. The molecule has 6 atom stereocenters. The fraction of sp³-hybridized carbons (Fsp3) is 0.359. The van der Waals surface area contributed by atoms with Gasteiger partial charge in [-0.1, -0.05) is 68.5 Å². The summed E-state index contributed by atoms with van der Waals surface area (Å²) < 4.78 is 0. The average molecular weight is 704 g/mol. The van der Waals surface area contributed by atoms with Crippen molar-refractivity contribution in [3.8, 4) is 5.75 Å². The van der Waals surface area contributed by atoms with Gasteiger partial charge in [0.25, 0.3) is 5.78 Å². The molecule has 4 rings (SSSR count). The van der Waals surface area contributed by atoms with E-state index in [0.29, 0.717) is 5.57 Å². The molecule has 3 aliphatic rings. The zero-order valence-electron chi connectivity index (χ0n) is 29.2. The third kappa shape index (κ3) is 9.83. The molecule has 7 N–H and O–H groups in total. The summed E-state index contributed by atoms with van der Waals surface area (Å²) in [6.45, 7) is 7.05. The lowest BCUT2D eigenvalue weighted by molar-refractivity contribution is -0.118. The monoisotopic (exact) mass is 703 g/mol. The molecule has 4 bridgehead atoms. The number of Topliss-reactive ketones (excluding diaryl/α,β-unsaturated/α-hetero) is 4.